The molecule has 0 radical (unpaired) electrons. The third kappa shape index (κ3) is 3.64. The van der Waals surface area contributed by atoms with Crippen LogP contribution in [-0.2, 0) is 20.4 Å². The predicted octanol–water partition coefficient (Wildman–Crippen LogP) is 7.10. The Hall–Kier alpha value is -2.55. The number of hydrogen-bond donors (Lipinski definition) is 1. The number of hydrogen-bond acceptors (Lipinski definition) is 4. The number of amides is 2. The van der Waals surface area contributed by atoms with Crippen LogP contribution in [-0.4, -0.2) is 28.8 Å². The first kappa shape index (κ1) is 27.6. The number of anilines is 2. The molecular formula is C29H25Br2F2N4O2P. The number of carbonyl (C=O) groups is 2. The summed E-state index contributed by atoms with van der Waals surface area (Å²) in [5.41, 5.74) is 4.06. The number of benzene rings is 2. The highest BCUT2D eigenvalue weighted by Crippen LogP contribution is 2.55. The van der Waals surface area contributed by atoms with E-state index in [2.05, 4.69) is 47.1 Å². The summed E-state index contributed by atoms with van der Waals surface area (Å²) in [4.78, 5) is 35.0. The summed E-state index contributed by atoms with van der Waals surface area (Å²) in [7, 11) is 1.79. The second-order valence-corrected chi connectivity index (χ2v) is 12.5. The average molecular weight is 690 g/mol. The fourth-order valence-corrected chi connectivity index (χ4v) is 7.31. The molecule has 206 valence electrons. The Bertz CT molecular complexity index is 1780. The van der Waals surface area contributed by atoms with Crippen molar-refractivity contribution in [3.8, 4) is 0 Å². The Labute approximate surface area is 249 Å². The molecule has 2 aromatic carbocycles. The molecule has 0 saturated heterocycles. The van der Waals surface area contributed by atoms with Gasteiger partial charge in [-0.2, -0.15) is 9.90 Å². The first-order valence-corrected chi connectivity index (χ1v) is 14.4. The van der Waals surface area contributed by atoms with Crippen molar-refractivity contribution in [1.29, 1.82) is 0 Å². The molecule has 4 heterocycles. The largest absolute Gasteiger partial charge is 0.324 e. The van der Waals surface area contributed by atoms with Crippen molar-refractivity contribution in [2.45, 2.75) is 49.4 Å². The SMILES string of the molecule is CN1C(=O)C2(CCC2)c2c1cnc1cc(F)c(Br)cc21.O=C1Nc2cnc3cc(F)c(Br)cc3c2C12CCC2.P. The van der Waals surface area contributed by atoms with Gasteiger partial charge in [0.2, 0.25) is 11.8 Å². The number of nitrogens with one attached hydrogen (secondary N) is 1. The standard InChI is InChI=1S/C15H12BrFN2O.C14H10BrFN2O.H3P/c1-19-12-7-18-11-6-10(17)9(16)5-8(11)13(12)15(14(19)20)3-2-4-15;15-8-4-7-10(5-9(8)16)17-6-11-12(7)14(2-1-3-14)13(19)18-11;/h5-7H,2-4H2,1H3;4-6H,1-3H2,(H,18,19);1H3. The number of likely N-dealkylation sites (N-methyl/N-ethyl adjacent to an activating group) is 1. The molecular weight excluding hydrogens is 665 g/mol. The lowest BCUT2D eigenvalue weighted by Gasteiger charge is -2.37. The van der Waals surface area contributed by atoms with E-state index >= 15 is 0 Å². The maximum absolute atomic E-state index is 13.7. The predicted molar refractivity (Wildman–Crippen MR) is 163 cm³/mol. The van der Waals surface area contributed by atoms with Gasteiger partial charge in [-0.3, -0.25) is 19.6 Å². The number of fused-ring (bicyclic) bond motifs is 8. The highest BCUT2D eigenvalue weighted by atomic mass is 79.9. The number of carbonyl (C=O) groups excluding carboxylic acids is 2. The molecule has 1 N–H and O–H groups in total. The van der Waals surface area contributed by atoms with E-state index in [0.717, 1.165) is 71.8 Å². The van der Waals surface area contributed by atoms with Crippen LogP contribution in [0.3, 0.4) is 0 Å². The van der Waals surface area contributed by atoms with Gasteiger partial charge in [-0.15, -0.1) is 0 Å². The minimum Gasteiger partial charge on any atom is -0.324 e. The van der Waals surface area contributed by atoms with Gasteiger partial charge in [0.05, 0.1) is 54.6 Å². The van der Waals surface area contributed by atoms with Gasteiger partial charge in [0.15, 0.2) is 0 Å². The molecule has 11 heteroatoms. The normalized spacial score (nSPS) is 19.0. The van der Waals surface area contributed by atoms with Crippen molar-refractivity contribution in [2.75, 3.05) is 17.3 Å². The van der Waals surface area contributed by atoms with Crippen molar-refractivity contribution < 1.29 is 18.4 Å². The molecule has 2 aliphatic carbocycles. The highest BCUT2D eigenvalue weighted by molar-refractivity contribution is 9.10. The Balaban J connectivity index is 0.000000141. The maximum atomic E-state index is 13.7. The van der Waals surface area contributed by atoms with E-state index in [1.165, 1.54) is 12.1 Å². The smallest absolute Gasteiger partial charge is 0.237 e. The van der Waals surface area contributed by atoms with Gasteiger partial charge in [0, 0.05) is 41.1 Å². The molecule has 2 spiro atoms. The first-order valence-electron chi connectivity index (χ1n) is 12.8. The Morgan fingerprint density at radius 1 is 0.825 bits per heavy atom. The van der Waals surface area contributed by atoms with E-state index in [0.29, 0.717) is 20.0 Å². The minimum atomic E-state index is -0.409. The lowest BCUT2D eigenvalue weighted by molar-refractivity contribution is -0.125. The van der Waals surface area contributed by atoms with Crippen molar-refractivity contribution in [3.05, 3.63) is 68.4 Å². The molecule has 2 amide bonds. The molecule has 2 saturated carbocycles. The Kier molecular flexibility index (Phi) is 6.56. The quantitative estimate of drug-likeness (QED) is 0.200. The second kappa shape index (κ2) is 9.50. The van der Waals surface area contributed by atoms with E-state index in [1.807, 2.05) is 0 Å². The summed E-state index contributed by atoms with van der Waals surface area (Å²) in [6.07, 6.45) is 8.91. The molecule has 8 rings (SSSR count). The molecule has 4 aromatic rings. The van der Waals surface area contributed by atoms with Crippen LogP contribution in [0.2, 0.25) is 0 Å². The third-order valence-corrected chi connectivity index (χ3v) is 10.1. The monoisotopic (exact) mass is 688 g/mol. The van der Waals surface area contributed by atoms with E-state index < -0.39 is 10.8 Å². The molecule has 0 bridgehead atoms. The molecule has 2 aliphatic heterocycles. The topological polar surface area (TPSA) is 75.2 Å². The maximum Gasteiger partial charge on any atom is 0.237 e. The number of rotatable bonds is 0. The van der Waals surface area contributed by atoms with Crippen LogP contribution in [0.1, 0.15) is 49.7 Å². The third-order valence-electron chi connectivity index (χ3n) is 8.93. The van der Waals surface area contributed by atoms with Crippen LogP contribution in [0.4, 0.5) is 20.2 Å². The summed E-state index contributed by atoms with van der Waals surface area (Å²) in [5.74, 6) is -0.456. The van der Waals surface area contributed by atoms with Crippen molar-refractivity contribution in [1.82, 2.24) is 9.97 Å². The molecule has 2 fully saturated rings. The molecule has 4 aliphatic rings. The van der Waals surface area contributed by atoms with E-state index in [4.69, 9.17) is 0 Å². The van der Waals surface area contributed by atoms with Gasteiger partial charge in [-0.05, 0) is 69.7 Å². The van der Waals surface area contributed by atoms with Crippen molar-refractivity contribution in [2.24, 2.45) is 0 Å². The Morgan fingerprint density at radius 2 is 1.35 bits per heavy atom. The summed E-state index contributed by atoms with van der Waals surface area (Å²) in [6, 6.07) is 6.32. The van der Waals surface area contributed by atoms with Gasteiger partial charge in [0.25, 0.3) is 0 Å². The zero-order chi connectivity index (χ0) is 27.3. The zero-order valence-corrected chi connectivity index (χ0v) is 26.2. The fraction of sp³-hybridized carbons (Fsp3) is 0.310. The van der Waals surface area contributed by atoms with Crippen LogP contribution in [0.5, 0.6) is 0 Å². The van der Waals surface area contributed by atoms with Crippen LogP contribution in [0, 0.1) is 11.6 Å². The molecule has 1 unspecified atom stereocenters. The minimum absolute atomic E-state index is 0. The van der Waals surface area contributed by atoms with Crippen LogP contribution < -0.4 is 10.2 Å². The summed E-state index contributed by atoms with van der Waals surface area (Å²) in [6.45, 7) is 0. The number of aromatic nitrogens is 2. The van der Waals surface area contributed by atoms with Crippen LogP contribution >= 0.6 is 41.8 Å². The highest BCUT2D eigenvalue weighted by Gasteiger charge is 2.54. The van der Waals surface area contributed by atoms with Gasteiger partial charge in [0.1, 0.15) is 11.6 Å². The molecule has 2 aromatic heterocycles. The van der Waals surface area contributed by atoms with E-state index in [1.54, 1.807) is 36.5 Å². The summed E-state index contributed by atoms with van der Waals surface area (Å²) < 4.78 is 28.1. The number of halogens is 4. The van der Waals surface area contributed by atoms with Gasteiger partial charge in [-0.25, -0.2) is 8.78 Å². The molecule has 40 heavy (non-hydrogen) atoms. The summed E-state index contributed by atoms with van der Waals surface area (Å²) >= 11 is 6.44. The van der Waals surface area contributed by atoms with Crippen molar-refractivity contribution >= 4 is 86.8 Å². The second-order valence-electron chi connectivity index (χ2n) is 10.8. The molecule has 6 nitrogen and oxygen atoms in total. The van der Waals surface area contributed by atoms with Crippen LogP contribution in [0.25, 0.3) is 21.8 Å². The lowest BCUT2D eigenvalue weighted by Crippen LogP contribution is -2.43. The number of nitrogens with zero attached hydrogens (tertiary/aromatic N) is 3. The van der Waals surface area contributed by atoms with Gasteiger partial charge in [-0.1, -0.05) is 12.8 Å². The van der Waals surface area contributed by atoms with E-state index in [9.17, 15) is 18.4 Å². The first-order chi connectivity index (χ1) is 18.7. The van der Waals surface area contributed by atoms with Crippen LogP contribution in [0.15, 0.2) is 45.6 Å². The van der Waals surface area contributed by atoms with E-state index in [-0.39, 0.29) is 33.3 Å². The zero-order valence-electron chi connectivity index (χ0n) is 21.6. The Morgan fingerprint density at radius 3 is 1.88 bits per heavy atom. The fourth-order valence-electron chi connectivity index (χ4n) is 6.63. The van der Waals surface area contributed by atoms with Crippen molar-refractivity contribution in [3.63, 3.8) is 0 Å². The van der Waals surface area contributed by atoms with Gasteiger partial charge < -0.3 is 10.2 Å². The lowest BCUT2D eigenvalue weighted by atomic mass is 9.64. The van der Waals surface area contributed by atoms with Gasteiger partial charge >= 0.3 is 0 Å². The molecule has 1 atom stereocenters. The average Bonchev–Trinajstić information content (AvgIpc) is 3.29. The number of pyridine rings is 2. The summed E-state index contributed by atoms with van der Waals surface area (Å²) in [5, 5.41) is 4.65.